The topological polar surface area (TPSA) is 117 Å². The first kappa shape index (κ1) is 25.5. The summed E-state index contributed by atoms with van der Waals surface area (Å²) >= 11 is 0. The highest BCUT2D eigenvalue weighted by Gasteiger charge is 2.30. The Balaban J connectivity index is 1.70. The van der Waals surface area contributed by atoms with Crippen molar-refractivity contribution in [2.75, 3.05) is 18.2 Å². The van der Waals surface area contributed by atoms with Crippen LogP contribution in [0.1, 0.15) is 22.3 Å². The van der Waals surface area contributed by atoms with E-state index in [2.05, 4.69) is 15.3 Å². The zero-order valence-corrected chi connectivity index (χ0v) is 19.7. The van der Waals surface area contributed by atoms with Crippen LogP contribution in [0.4, 0.5) is 24.9 Å². The minimum Gasteiger partial charge on any atom is -0.497 e. The van der Waals surface area contributed by atoms with Crippen molar-refractivity contribution in [1.82, 2.24) is 19.1 Å². The van der Waals surface area contributed by atoms with Crippen LogP contribution in [0.3, 0.4) is 0 Å². The van der Waals surface area contributed by atoms with Gasteiger partial charge < -0.3 is 15.8 Å². The molecule has 0 aliphatic carbocycles. The molecule has 37 heavy (non-hydrogen) atoms. The number of alkyl halides is 3. The predicted octanol–water partition coefficient (Wildman–Crippen LogP) is 3.12. The number of methoxy groups -OCH3 is 1. The van der Waals surface area contributed by atoms with Crippen molar-refractivity contribution in [3.63, 3.8) is 0 Å². The van der Waals surface area contributed by atoms with Crippen LogP contribution in [0.25, 0.3) is 0 Å². The molecule has 0 aliphatic heterocycles. The summed E-state index contributed by atoms with van der Waals surface area (Å²) in [5.74, 6) is 0.930. The second-order valence-corrected chi connectivity index (χ2v) is 8.12. The third-order valence-electron chi connectivity index (χ3n) is 5.63. The summed E-state index contributed by atoms with van der Waals surface area (Å²) < 4.78 is 46.0. The van der Waals surface area contributed by atoms with Crippen molar-refractivity contribution >= 4 is 11.8 Å². The van der Waals surface area contributed by atoms with Crippen molar-refractivity contribution in [1.29, 1.82) is 0 Å². The molecule has 2 aromatic carbocycles. The molecule has 4 rings (SSSR count). The van der Waals surface area contributed by atoms with E-state index in [1.165, 1.54) is 23.8 Å². The van der Waals surface area contributed by atoms with Crippen molar-refractivity contribution in [3.8, 4) is 5.75 Å². The van der Waals surface area contributed by atoms with Crippen LogP contribution in [0, 0.1) is 0 Å². The average molecular weight is 512 g/mol. The fourth-order valence-electron chi connectivity index (χ4n) is 3.61. The molecule has 0 saturated carbocycles. The lowest BCUT2D eigenvalue weighted by Gasteiger charge is -2.16. The molecule has 0 amide bonds. The summed E-state index contributed by atoms with van der Waals surface area (Å²) in [4.78, 5) is 34.3. The molecular formula is C25H23F3N6O3. The number of benzene rings is 2. The minimum atomic E-state index is -4.49. The highest BCUT2D eigenvalue weighted by atomic mass is 19.4. The highest BCUT2D eigenvalue weighted by Crippen LogP contribution is 2.29. The van der Waals surface area contributed by atoms with Crippen LogP contribution in [0.5, 0.6) is 5.75 Å². The van der Waals surface area contributed by atoms with E-state index >= 15 is 0 Å². The van der Waals surface area contributed by atoms with E-state index in [4.69, 9.17) is 10.5 Å². The molecule has 4 aromatic rings. The number of nitrogens with two attached hydrogens (primary N) is 1. The predicted molar refractivity (Wildman–Crippen MR) is 131 cm³/mol. The van der Waals surface area contributed by atoms with Gasteiger partial charge in [-0.2, -0.15) is 18.2 Å². The highest BCUT2D eigenvalue weighted by molar-refractivity contribution is 5.41. The van der Waals surface area contributed by atoms with Gasteiger partial charge in [-0.05, 0) is 41.5 Å². The van der Waals surface area contributed by atoms with Crippen LogP contribution in [0.2, 0.25) is 0 Å². The average Bonchev–Trinajstić information content (AvgIpc) is 2.88. The first-order chi connectivity index (χ1) is 17.7. The second-order valence-electron chi connectivity index (χ2n) is 8.12. The molecule has 12 heteroatoms. The lowest BCUT2D eigenvalue weighted by atomic mass is 10.1. The van der Waals surface area contributed by atoms with Gasteiger partial charge in [0.1, 0.15) is 11.6 Å². The molecule has 0 bridgehead atoms. The summed E-state index contributed by atoms with van der Waals surface area (Å²) in [6.07, 6.45) is -2.95. The summed E-state index contributed by atoms with van der Waals surface area (Å²) in [5.41, 5.74) is 5.25. The number of nitrogen functional groups attached to an aromatic ring is 1. The van der Waals surface area contributed by atoms with Gasteiger partial charge in [0.25, 0.3) is 0 Å². The molecule has 0 radical (unpaired) electrons. The van der Waals surface area contributed by atoms with Gasteiger partial charge in [-0.25, -0.2) is 19.1 Å². The van der Waals surface area contributed by atoms with Crippen LogP contribution in [0.15, 0.2) is 76.4 Å². The van der Waals surface area contributed by atoms with E-state index in [0.29, 0.717) is 16.9 Å². The zero-order valence-electron chi connectivity index (χ0n) is 19.7. The van der Waals surface area contributed by atoms with Gasteiger partial charge >= 0.3 is 17.6 Å². The number of halogens is 3. The maximum Gasteiger partial charge on any atom is 0.416 e. The third-order valence-corrected chi connectivity index (χ3v) is 5.63. The second kappa shape index (κ2) is 10.6. The Labute approximate surface area is 209 Å². The van der Waals surface area contributed by atoms with Gasteiger partial charge in [0.2, 0.25) is 5.95 Å². The molecular weight excluding hydrogens is 489 g/mol. The third kappa shape index (κ3) is 5.97. The van der Waals surface area contributed by atoms with Crippen LogP contribution in [-0.2, 0) is 25.8 Å². The number of ether oxygens (including phenoxy) is 1. The first-order valence-electron chi connectivity index (χ1n) is 11.1. The molecule has 2 aromatic heterocycles. The molecule has 0 unspecified atom stereocenters. The largest absolute Gasteiger partial charge is 0.497 e. The molecule has 0 spiro atoms. The number of pyridine rings is 1. The summed E-state index contributed by atoms with van der Waals surface area (Å²) in [6, 6.07) is 14.7. The fraction of sp³-hybridized carbons (Fsp3) is 0.200. The van der Waals surface area contributed by atoms with Crippen molar-refractivity contribution < 1.29 is 17.9 Å². The van der Waals surface area contributed by atoms with E-state index < -0.39 is 23.1 Å². The van der Waals surface area contributed by atoms with Gasteiger partial charge in [0.15, 0.2) is 0 Å². The fourth-order valence-corrected chi connectivity index (χ4v) is 3.61. The van der Waals surface area contributed by atoms with E-state index in [9.17, 15) is 22.8 Å². The Kier molecular flexibility index (Phi) is 7.27. The Hall–Kier alpha value is -4.61. The monoisotopic (exact) mass is 512 g/mol. The lowest BCUT2D eigenvalue weighted by molar-refractivity contribution is -0.137. The van der Waals surface area contributed by atoms with Gasteiger partial charge in [-0.1, -0.05) is 30.3 Å². The molecule has 192 valence electrons. The normalized spacial score (nSPS) is 11.4. The molecule has 9 nitrogen and oxygen atoms in total. The summed E-state index contributed by atoms with van der Waals surface area (Å²) in [6.45, 7) is -0.0354. The van der Waals surface area contributed by atoms with Crippen LogP contribution >= 0.6 is 0 Å². The van der Waals surface area contributed by atoms with E-state index in [-0.39, 0.29) is 31.4 Å². The van der Waals surface area contributed by atoms with Crippen LogP contribution < -0.4 is 27.2 Å². The quantitative estimate of drug-likeness (QED) is 0.373. The Morgan fingerprint density at radius 2 is 1.57 bits per heavy atom. The first-order valence-corrected chi connectivity index (χ1v) is 11.1. The number of anilines is 2. The Morgan fingerprint density at radius 1 is 0.946 bits per heavy atom. The summed E-state index contributed by atoms with van der Waals surface area (Å²) in [7, 11) is 1.53. The number of hydrogen-bond acceptors (Lipinski definition) is 7. The number of aromatic nitrogens is 4. The molecule has 0 aliphatic rings. The number of rotatable bonds is 8. The summed E-state index contributed by atoms with van der Waals surface area (Å²) in [5, 5.41) is 2.98. The van der Waals surface area contributed by atoms with Crippen molar-refractivity contribution in [2.24, 2.45) is 0 Å². The SMILES string of the molecule is COc1ccc(Cn2c(NCc3cccnc3N)nc(=O)n(Cc3ccc(C(F)(F)F)cc3)c2=O)cc1. The van der Waals surface area contributed by atoms with E-state index in [1.807, 2.05) is 0 Å². The van der Waals surface area contributed by atoms with Crippen molar-refractivity contribution in [2.45, 2.75) is 25.8 Å². The molecule has 3 N–H and O–H groups in total. The zero-order chi connectivity index (χ0) is 26.6. The van der Waals surface area contributed by atoms with E-state index in [0.717, 1.165) is 22.3 Å². The molecule has 0 atom stereocenters. The standard InChI is InChI=1S/C25H23F3N6O3/c1-37-20-10-6-17(7-11-20)14-33-22(31-13-18-3-2-12-30-21(18)29)32-23(35)34(24(33)36)15-16-4-8-19(9-5-16)25(26,27)28/h2-12H,13-15H2,1H3,(H2,29,30)(H,31,32,35). The lowest BCUT2D eigenvalue weighted by Crippen LogP contribution is -2.43. The molecule has 2 heterocycles. The van der Waals surface area contributed by atoms with Gasteiger partial charge in [-0.3, -0.25) is 4.57 Å². The maximum absolute atomic E-state index is 13.5. The van der Waals surface area contributed by atoms with Gasteiger partial charge in [0.05, 0.1) is 25.8 Å². The Morgan fingerprint density at radius 3 is 2.16 bits per heavy atom. The number of hydrogen-bond donors (Lipinski definition) is 2. The van der Waals surface area contributed by atoms with Crippen molar-refractivity contribution in [3.05, 3.63) is 110 Å². The smallest absolute Gasteiger partial charge is 0.416 e. The molecule has 0 fully saturated rings. The van der Waals surface area contributed by atoms with Gasteiger partial charge in [0, 0.05) is 18.3 Å². The van der Waals surface area contributed by atoms with E-state index in [1.54, 1.807) is 42.6 Å². The van der Waals surface area contributed by atoms with Gasteiger partial charge in [-0.15, -0.1) is 0 Å². The number of nitrogens with one attached hydrogen (secondary N) is 1. The Bertz CT molecular complexity index is 1500. The maximum atomic E-state index is 13.5. The number of nitrogens with zero attached hydrogens (tertiary/aromatic N) is 4. The minimum absolute atomic E-state index is 0.0118. The molecule has 0 saturated heterocycles. The van der Waals surface area contributed by atoms with Crippen LogP contribution in [-0.4, -0.2) is 26.2 Å².